The maximum Gasteiger partial charge on any atom is 0.335 e. The van der Waals surface area contributed by atoms with Crippen LogP contribution >= 0.6 is 11.6 Å². The number of carbonyl (C=O) groups is 1. The number of hydrogen-bond acceptors (Lipinski definition) is 2. The van der Waals surface area contributed by atoms with Crippen LogP contribution in [0.1, 0.15) is 39.9 Å². The van der Waals surface area contributed by atoms with Crippen molar-refractivity contribution < 1.29 is 9.90 Å². The van der Waals surface area contributed by atoms with Gasteiger partial charge in [0.15, 0.2) is 0 Å². The highest BCUT2D eigenvalue weighted by Gasteiger charge is 2.40. The van der Waals surface area contributed by atoms with Crippen molar-refractivity contribution in [2.45, 2.75) is 18.4 Å². The largest absolute Gasteiger partial charge is 0.478 e. The number of fused-ring (bicyclic) bond motifs is 5. The number of halogens is 1. The molecule has 4 heteroatoms. The average Bonchev–Trinajstić information content (AvgIpc) is 3.27. The van der Waals surface area contributed by atoms with Crippen molar-refractivity contribution >= 4 is 44.8 Å². The molecule has 3 nitrogen and oxygen atoms in total. The van der Waals surface area contributed by atoms with E-state index in [1.54, 1.807) is 12.1 Å². The van der Waals surface area contributed by atoms with Crippen molar-refractivity contribution in [2.24, 2.45) is 5.92 Å². The van der Waals surface area contributed by atoms with E-state index < -0.39 is 5.97 Å². The molecule has 1 heterocycles. The van der Waals surface area contributed by atoms with Crippen molar-refractivity contribution in [1.29, 1.82) is 0 Å². The molecule has 2 aliphatic rings. The van der Waals surface area contributed by atoms with Crippen LogP contribution in [0, 0.1) is 5.92 Å². The van der Waals surface area contributed by atoms with Crippen LogP contribution in [0.25, 0.3) is 21.5 Å². The zero-order valence-corrected chi connectivity index (χ0v) is 17.4. The highest BCUT2D eigenvalue weighted by molar-refractivity contribution is 6.34. The summed E-state index contributed by atoms with van der Waals surface area (Å²) in [6, 6.07) is 22.7. The minimum absolute atomic E-state index is 0.0664. The van der Waals surface area contributed by atoms with Crippen LogP contribution in [0.15, 0.2) is 78.9 Å². The van der Waals surface area contributed by atoms with Gasteiger partial charge in [-0.05, 0) is 63.2 Å². The van der Waals surface area contributed by atoms with Crippen LogP contribution in [0.2, 0.25) is 5.02 Å². The number of benzene rings is 4. The topological polar surface area (TPSA) is 49.3 Å². The molecule has 0 fully saturated rings. The average molecular weight is 426 g/mol. The number of anilines is 1. The van der Waals surface area contributed by atoms with Crippen molar-refractivity contribution in [3.63, 3.8) is 0 Å². The van der Waals surface area contributed by atoms with Crippen LogP contribution in [-0.4, -0.2) is 11.1 Å². The Hall–Kier alpha value is -3.30. The molecule has 6 rings (SSSR count). The van der Waals surface area contributed by atoms with Crippen LogP contribution < -0.4 is 5.32 Å². The first kappa shape index (κ1) is 18.5. The first-order valence-electron chi connectivity index (χ1n) is 10.5. The van der Waals surface area contributed by atoms with E-state index in [1.807, 2.05) is 0 Å². The second kappa shape index (κ2) is 6.86. The van der Waals surface area contributed by atoms with E-state index in [2.05, 4.69) is 72.1 Å². The Morgan fingerprint density at radius 3 is 2.32 bits per heavy atom. The number of rotatable bonds is 2. The Morgan fingerprint density at radius 2 is 1.65 bits per heavy atom. The molecule has 0 saturated carbocycles. The Morgan fingerprint density at radius 1 is 0.968 bits per heavy atom. The molecule has 0 unspecified atom stereocenters. The van der Waals surface area contributed by atoms with Gasteiger partial charge in [-0.3, -0.25) is 0 Å². The lowest BCUT2D eigenvalue weighted by Crippen LogP contribution is -2.30. The van der Waals surface area contributed by atoms with Crippen molar-refractivity contribution in [3.8, 4) is 0 Å². The third kappa shape index (κ3) is 2.77. The second-order valence-corrected chi connectivity index (χ2v) is 8.84. The van der Waals surface area contributed by atoms with Gasteiger partial charge in [0.05, 0.1) is 22.3 Å². The number of aromatic carboxylic acids is 1. The summed E-state index contributed by atoms with van der Waals surface area (Å²) in [6.07, 6.45) is 5.37. The lowest BCUT2D eigenvalue weighted by atomic mass is 9.75. The first-order chi connectivity index (χ1) is 15.1. The predicted octanol–water partition coefficient (Wildman–Crippen LogP) is 7.17. The van der Waals surface area contributed by atoms with Crippen molar-refractivity contribution in [3.05, 3.63) is 101 Å². The standard InChI is InChI=1S/C27H20ClNO2/c28-23-14-17(27(30)31)13-22-20-10-5-11-21(20)26(29-25(22)23)24-18-8-3-1-6-15(18)12-16-7-2-4-9-19(16)24/h1-10,12-14,20-21,26,29H,11H2,(H,30,31)/t20-,21+,26-/m1/s1. The number of carboxylic acids is 1. The minimum atomic E-state index is -0.953. The summed E-state index contributed by atoms with van der Waals surface area (Å²) >= 11 is 6.62. The summed E-state index contributed by atoms with van der Waals surface area (Å²) in [4.78, 5) is 11.6. The molecule has 31 heavy (non-hydrogen) atoms. The van der Waals surface area contributed by atoms with E-state index in [1.165, 1.54) is 27.1 Å². The number of hydrogen-bond donors (Lipinski definition) is 2. The molecule has 4 aromatic rings. The Labute approximate surface area is 185 Å². The fourth-order valence-corrected chi connectivity index (χ4v) is 5.73. The number of nitrogens with one attached hydrogen (secondary N) is 1. The van der Waals surface area contributed by atoms with E-state index in [0.717, 1.165) is 17.7 Å². The van der Waals surface area contributed by atoms with Gasteiger partial charge in [-0.15, -0.1) is 0 Å². The van der Waals surface area contributed by atoms with Gasteiger partial charge in [0, 0.05) is 5.92 Å². The molecule has 0 bridgehead atoms. The molecule has 0 aromatic heterocycles. The maximum atomic E-state index is 11.6. The van der Waals surface area contributed by atoms with Crippen LogP contribution in [-0.2, 0) is 0 Å². The molecule has 0 amide bonds. The Bertz CT molecular complexity index is 1350. The van der Waals surface area contributed by atoms with Crippen molar-refractivity contribution in [1.82, 2.24) is 0 Å². The van der Waals surface area contributed by atoms with Gasteiger partial charge in [-0.25, -0.2) is 4.79 Å². The van der Waals surface area contributed by atoms with Gasteiger partial charge in [0.2, 0.25) is 0 Å². The van der Waals surface area contributed by atoms with E-state index in [0.29, 0.717) is 10.9 Å². The lowest BCUT2D eigenvalue weighted by molar-refractivity contribution is 0.0696. The lowest BCUT2D eigenvalue weighted by Gasteiger charge is -2.39. The smallest absolute Gasteiger partial charge is 0.335 e. The van der Waals surface area contributed by atoms with Crippen molar-refractivity contribution in [2.75, 3.05) is 5.32 Å². The van der Waals surface area contributed by atoms with Gasteiger partial charge in [0.1, 0.15) is 0 Å². The van der Waals surface area contributed by atoms with Crippen LogP contribution in [0.3, 0.4) is 0 Å². The Balaban J connectivity index is 1.62. The quantitative estimate of drug-likeness (QED) is 0.264. The molecule has 0 spiro atoms. The third-order valence-electron chi connectivity index (χ3n) is 6.79. The number of allylic oxidation sites excluding steroid dienone is 2. The summed E-state index contributed by atoms with van der Waals surface area (Å²) in [5.41, 5.74) is 3.35. The fraction of sp³-hybridized carbons (Fsp3) is 0.148. The molecular weight excluding hydrogens is 406 g/mol. The van der Waals surface area contributed by atoms with Crippen LogP contribution in [0.5, 0.6) is 0 Å². The van der Waals surface area contributed by atoms with Crippen LogP contribution in [0.4, 0.5) is 5.69 Å². The molecule has 1 aliphatic heterocycles. The highest BCUT2D eigenvalue weighted by atomic mass is 35.5. The molecule has 2 N–H and O–H groups in total. The summed E-state index contributed by atoms with van der Waals surface area (Å²) in [5, 5.41) is 18.6. The van der Waals surface area contributed by atoms with E-state index in [9.17, 15) is 9.90 Å². The molecule has 3 atom stereocenters. The zero-order valence-electron chi connectivity index (χ0n) is 16.7. The third-order valence-corrected chi connectivity index (χ3v) is 7.09. The van der Waals surface area contributed by atoms with Gasteiger partial charge < -0.3 is 10.4 Å². The van der Waals surface area contributed by atoms with Gasteiger partial charge >= 0.3 is 5.97 Å². The molecule has 1 aliphatic carbocycles. The molecule has 0 radical (unpaired) electrons. The normalized spacial score (nSPS) is 21.6. The Kier molecular flexibility index (Phi) is 4.09. The fourth-order valence-electron chi connectivity index (χ4n) is 5.45. The van der Waals surface area contributed by atoms with Gasteiger partial charge in [0.25, 0.3) is 0 Å². The zero-order chi connectivity index (χ0) is 21.1. The number of carboxylic acid groups (broad SMARTS) is 1. The summed E-state index contributed by atoms with van der Waals surface area (Å²) in [6.45, 7) is 0. The summed E-state index contributed by atoms with van der Waals surface area (Å²) in [5.74, 6) is -0.525. The molecular formula is C27H20ClNO2. The van der Waals surface area contributed by atoms with E-state index in [4.69, 9.17) is 11.6 Å². The maximum absolute atomic E-state index is 11.6. The van der Waals surface area contributed by atoms with Gasteiger partial charge in [-0.2, -0.15) is 0 Å². The monoisotopic (exact) mass is 425 g/mol. The highest BCUT2D eigenvalue weighted by Crippen LogP contribution is 2.53. The first-order valence-corrected chi connectivity index (χ1v) is 10.9. The molecule has 4 aromatic carbocycles. The molecule has 152 valence electrons. The summed E-state index contributed by atoms with van der Waals surface area (Å²) in [7, 11) is 0. The predicted molar refractivity (Wildman–Crippen MR) is 126 cm³/mol. The minimum Gasteiger partial charge on any atom is -0.478 e. The van der Waals surface area contributed by atoms with E-state index >= 15 is 0 Å². The summed E-state index contributed by atoms with van der Waals surface area (Å²) < 4.78 is 0. The second-order valence-electron chi connectivity index (χ2n) is 8.44. The molecule has 0 saturated heterocycles. The SMILES string of the molecule is O=C(O)c1cc(Cl)c2c(c1)[C@@H]1C=CC[C@@H]1[C@H](c1c3ccccc3cc3ccccc13)N2. The van der Waals surface area contributed by atoms with E-state index in [-0.39, 0.29) is 17.5 Å². The van der Waals surface area contributed by atoms with Gasteiger partial charge in [-0.1, -0.05) is 72.3 Å².